The van der Waals surface area contributed by atoms with Crippen LogP contribution >= 0.6 is 11.3 Å². The minimum absolute atomic E-state index is 0.0521. The van der Waals surface area contributed by atoms with E-state index in [0.29, 0.717) is 0 Å². The summed E-state index contributed by atoms with van der Waals surface area (Å²) in [5.74, 6) is 5.50. The van der Waals surface area contributed by atoms with Crippen LogP contribution in [0.1, 0.15) is 27.3 Å². The van der Waals surface area contributed by atoms with Crippen LogP contribution in [-0.4, -0.2) is 20.4 Å². The molecule has 1 unspecified atom stereocenters. The van der Waals surface area contributed by atoms with Gasteiger partial charge >= 0.3 is 0 Å². The van der Waals surface area contributed by atoms with E-state index in [0.717, 1.165) is 22.8 Å². The van der Waals surface area contributed by atoms with Crippen LogP contribution in [-0.2, 0) is 6.42 Å². The molecule has 4 N–H and O–H groups in total. The van der Waals surface area contributed by atoms with E-state index in [9.17, 15) is 0 Å². The van der Waals surface area contributed by atoms with Crippen molar-refractivity contribution in [2.24, 2.45) is 5.84 Å². The standard InChI is InChI=1S/C9H14N6S/c1-5-6(2)16-9(12-5)3-7(13-10)8-4-11-15-14-8/h4,7,13H,3,10H2,1-2H3,(H,11,14,15). The van der Waals surface area contributed by atoms with E-state index in [2.05, 4.69) is 32.7 Å². The van der Waals surface area contributed by atoms with Gasteiger partial charge in [0.1, 0.15) is 5.69 Å². The van der Waals surface area contributed by atoms with E-state index >= 15 is 0 Å². The van der Waals surface area contributed by atoms with E-state index in [4.69, 9.17) is 5.84 Å². The molecule has 0 spiro atoms. The summed E-state index contributed by atoms with van der Waals surface area (Å²) in [6.45, 7) is 4.08. The summed E-state index contributed by atoms with van der Waals surface area (Å²) < 4.78 is 0. The molecule has 0 bridgehead atoms. The van der Waals surface area contributed by atoms with E-state index in [-0.39, 0.29) is 6.04 Å². The lowest BCUT2D eigenvalue weighted by molar-refractivity contribution is 0.535. The van der Waals surface area contributed by atoms with Gasteiger partial charge in [-0.15, -0.1) is 11.3 Å². The molecule has 86 valence electrons. The van der Waals surface area contributed by atoms with Crippen molar-refractivity contribution in [1.82, 2.24) is 25.8 Å². The lowest BCUT2D eigenvalue weighted by Gasteiger charge is -2.10. The fourth-order valence-electron chi connectivity index (χ4n) is 1.43. The number of aromatic nitrogens is 4. The zero-order valence-electron chi connectivity index (χ0n) is 9.19. The van der Waals surface area contributed by atoms with Gasteiger partial charge in [-0.05, 0) is 13.8 Å². The number of H-pyrrole nitrogens is 1. The van der Waals surface area contributed by atoms with Crippen LogP contribution in [0.5, 0.6) is 0 Å². The molecule has 7 heteroatoms. The quantitative estimate of drug-likeness (QED) is 0.536. The molecule has 0 aliphatic heterocycles. The van der Waals surface area contributed by atoms with E-state index in [1.165, 1.54) is 4.88 Å². The number of rotatable bonds is 4. The molecule has 16 heavy (non-hydrogen) atoms. The van der Waals surface area contributed by atoms with Crippen LogP contribution in [0.15, 0.2) is 6.20 Å². The van der Waals surface area contributed by atoms with Crippen molar-refractivity contribution in [1.29, 1.82) is 0 Å². The van der Waals surface area contributed by atoms with Crippen LogP contribution in [0.3, 0.4) is 0 Å². The van der Waals surface area contributed by atoms with Crippen molar-refractivity contribution < 1.29 is 0 Å². The van der Waals surface area contributed by atoms with Gasteiger partial charge in [0.2, 0.25) is 0 Å². The highest BCUT2D eigenvalue weighted by Crippen LogP contribution is 2.21. The maximum Gasteiger partial charge on any atom is 0.101 e. The Kier molecular flexibility index (Phi) is 3.28. The van der Waals surface area contributed by atoms with E-state index in [1.807, 2.05) is 6.92 Å². The molecule has 0 saturated carbocycles. The normalized spacial score (nSPS) is 12.9. The topological polar surface area (TPSA) is 92.5 Å². The number of aryl methyl sites for hydroxylation is 2. The molecule has 2 aromatic rings. The molecule has 0 fully saturated rings. The van der Waals surface area contributed by atoms with Crippen LogP contribution < -0.4 is 11.3 Å². The highest BCUT2D eigenvalue weighted by atomic mass is 32.1. The first-order valence-electron chi connectivity index (χ1n) is 4.95. The van der Waals surface area contributed by atoms with Crippen molar-refractivity contribution in [2.45, 2.75) is 26.3 Å². The summed E-state index contributed by atoms with van der Waals surface area (Å²) in [7, 11) is 0. The van der Waals surface area contributed by atoms with Crippen LogP contribution in [0.25, 0.3) is 0 Å². The maximum atomic E-state index is 5.50. The fourth-order valence-corrected chi connectivity index (χ4v) is 2.41. The Morgan fingerprint density at radius 3 is 2.88 bits per heavy atom. The number of nitrogens with two attached hydrogens (primary N) is 1. The first-order chi connectivity index (χ1) is 7.70. The van der Waals surface area contributed by atoms with Crippen molar-refractivity contribution in [2.75, 3.05) is 0 Å². The summed E-state index contributed by atoms with van der Waals surface area (Å²) in [6, 6.07) is -0.0521. The van der Waals surface area contributed by atoms with Gasteiger partial charge in [-0.2, -0.15) is 15.4 Å². The number of aromatic amines is 1. The highest BCUT2D eigenvalue weighted by Gasteiger charge is 2.15. The minimum atomic E-state index is -0.0521. The summed E-state index contributed by atoms with van der Waals surface area (Å²) in [4.78, 5) is 5.71. The van der Waals surface area contributed by atoms with Crippen LogP contribution in [0, 0.1) is 13.8 Å². The first-order valence-corrected chi connectivity index (χ1v) is 5.77. The van der Waals surface area contributed by atoms with Gasteiger partial charge in [0.25, 0.3) is 0 Å². The molecule has 2 aromatic heterocycles. The summed E-state index contributed by atoms with van der Waals surface area (Å²) in [6.07, 6.45) is 2.39. The Morgan fingerprint density at radius 1 is 1.56 bits per heavy atom. The Labute approximate surface area is 97.3 Å². The second kappa shape index (κ2) is 4.69. The molecule has 0 aliphatic rings. The van der Waals surface area contributed by atoms with Crippen molar-refractivity contribution in [3.8, 4) is 0 Å². The Hall–Kier alpha value is -1.31. The third kappa shape index (κ3) is 2.26. The fraction of sp³-hybridized carbons (Fsp3) is 0.444. The molecule has 0 aromatic carbocycles. The van der Waals surface area contributed by atoms with Gasteiger partial charge in [-0.1, -0.05) is 0 Å². The number of thiazole rings is 1. The van der Waals surface area contributed by atoms with E-state index < -0.39 is 0 Å². The summed E-state index contributed by atoms with van der Waals surface area (Å²) in [5, 5.41) is 11.4. The molecule has 0 aliphatic carbocycles. The molecule has 6 nitrogen and oxygen atoms in total. The SMILES string of the molecule is Cc1nc(CC(NN)c2cn[nH]n2)sc1C. The molecule has 0 saturated heterocycles. The molecule has 2 heterocycles. The van der Waals surface area contributed by atoms with Gasteiger partial charge in [0, 0.05) is 11.3 Å². The average Bonchev–Trinajstić information content (AvgIpc) is 2.86. The Morgan fingerprint density at radius 2 is 2.38 bits per heavy atom. The Balaban J connectivity index is 2.13. The number of nitrogens with one attached hydrogen (secondary N) is 2. The molecule has 0 radical (unpaired) electrons. The molecule has 0 amide bonds. The predicted molar refractivity (Wildman–Crippen MR) is 61.7 cm³/mol. The number of nitrogens with zero attached hydrogens (tertiary/aromatic N) is 3. The monoisotopic (exact) mass is 238 g/mol. The van der Waals surface area contributed by atoms with Crippen molar-refractivity contribution in [3.05, 3.63) is 27.5 Å². The lowest BCUT2D eigenvalue weighted by atomic mass is 10.2. The third-order valence-corrected chi connectivity index (χ3v) is 3.54. The van der Waals surface area contributed by atoms with Crippen LogP contribution in [0.4, 0.5) is 0 Å². The number of hydrazine groups is 1. The van der Waals surface area contributed by atoms with Gasteiger partial charge in [-0.25, -0.2) is 4.98 Å². The Bertz CT molecular complexity index is 429. The molecular weight excluding hydrogens is 224 g/mol. The zero-order valence-corrected chi connectivity index (χ0v) is 10.0. The third-order valence-electron chi connectivity index (χ3n) is 2.44. The number of hydrogen-bond donors (Lipinski definition) is 3. The second-order valence-corrected chi connectivity index (χ2v) is 4.86. The smallest absolute Gasteiger partial charge is 0.101 e. The van der Waals surface area contributed by atoms with Crippen molar-refractivity contribution in [3.63, 3.8) is 0 Å². The molecule has 1 atom stereocenters. The van der Waals surface area contributed by atoms with Gasteiger partial charge in [-0.3, -0.25) is 11.3 Å². The summed E-state index contributed by atoms with van der Waals surface area (Å²) in [5.41, 5.74) is 4.60. The summed E-state index contributed by atoms with van der Waals surface area (Å²) >= 11 is 1.69. The first kappa shape index (κ1) is 11.2. The maximum absolute atomic E-state index is 5.50. The molecule has 2 rings (SSSR count). The molecular formula is C9H14N6S. The second-order valence-electron chi connectivity index (χ2n) is 3.57. The van der Waals surface area contributed by atoms with Gasteiger partial charge in [0.05, 0.1) is 22.9 Å². The largest absolute Gasteiger partial charge is 0.271 e. The van der Waals surface area contributed by atoms with Crippen LogP contribution in [0.2, 0.25) is 0 Å². The van der Waals surface area contributed by atoms with Gasteiger partial charge < -0.3 is 0 Å². The van der Waals surface area contributed by atoms with Crippen molar-refractivity contribution >= 4 is 11.3 Å². The van der Waals surface area contributed by atoms with Gasteiger partial charge in [0.15, 0.2) is 0 Å². The zero-order chi connectivity index (χ0) is 11.5. The lowest BCUT2D eigenvalue weighted by Crippen LogP contribution is -2.29. The predicted octanol–water partition coefficient (Wildman–Crippen LogP) is 0.625. The minimum Gasteiger partial charge on any atom is -0.271 e. The highest BCUT2D eigenvalue weighted by molar-refractivity contribution is 7.11. The average molecular weight is 238 g/mol. The van der Waals surface area contributed by atoms with E-state index in [1.54, 1.807) is 17.5 Å². The number of hydrogen-bond acceptors (Lipinski definition) is 6.